The minimum absolute atomic E-state index is 0.315. The molecule has 114 valence electrons. The molecule has 0 aliphatic carbocycles. The Morgan fingerprint density at radius 3 is 2.40 bits per heavy atom. The molecule has 0 saturated heterocycles. The third-order valence-electron chi connectivity index (χ3n) is 3.40. The van der Waals surface area contributed by atoms with E-state index in [4.69, 9.17) is 0 Å². The second kappa shape index (κ2) is 8.93. The number of likely N-dealkylation sites (N-methyl/N-ethyl adjacent to an activating group) is 1. The van der Waals surface area contributed by atoms with Crippen molar-refractivity contribution in [2.45, 2.75) is 33.2 Å². The lowest BCUT2D eigenvalue weighted by Crippen LogP contribution is -2.32. The number of nitrogens with one attached hydrogen (secondary N) is 1. The van der Waals surface area contributed by atoms with Gasteiger partial charge in [0, 0.05) is 25.7 Å². The van der Waals surface area contributed by atoms with E-state index in [0.29, 0.717) is 6.04 Å². The Balaban J connectivity index is 2.71. The average molecular weight is 278 g/mol. The molecule has 1 unspecified atom stereocenters. The van der Waals surface area contributed by atoms with E-state index < -0.39 is 0 Å². The largest absolute Gasteiger partial charge is 0.369 e. The van der Waals surface area contributed by atoms with Gasteiger partial charge in [0.15, 0.2) is 0 Å². The lowest BCUT2D eigenvalue weighted by atomic mass is 10.2. The molecule has 0 amide bonds. The maximum atomic E-state index is 4.61. The summed E-state index contributed by atoms with van der Waals surface area (Å²) in [5.41, 5.74) is 2.33. The third-order valence-corrected chi connectivity index (χ3v) is 3.40. The number of pyridine rings is 1. The highest BCUT2D eigenvalue weighted by atomic mass is 15.2. The monoisotopic (exact) mass is 278 g/mol. The number of anilines is 1. The summed E-state index contributed by atoms with van der Waals surface area (Å²) in [5, 5.41) is 3.39. The van der Waals surface area contributed by atoms with Crippen LogP contribution < -0.4 is 10.2 Å². The molecule has 1 aromatic heterocycles. The van der Waals surface area contributed by atoms with E-state index in [-0.39, 0.29) is 0 Å². The average Bonchev–Trinajstić information content (AvgIpc) is 2.44. The Hall–Kier alpha value is -1.13. The summed E-state index contributed by atoms with van der Waals surface area (Å²) in [7, 11) is 4.23. The molecule has 1 atom stereocenters. The van der Waals surface area contributed by atoms with Gasteiger partial charge in [-0.25, -0.2) is 0 Å². The Morgan fingerprint density at radius 2 is 1.90 bits per heavy atom. The summed E-state index contributed by atoms with van der Waals surface area (Å²) < 4.78 is 0. The number of rotatable bonds is 9. The maximum Gasteiger partial charge on any atom is 0.0572 e. The Bertz CT molecular complexity index is 361. The molecule has 20 heavy (non-hydrogen) atoms. The van der Waals surface area contributed by atoms with Crippen molar-refractivity contribution in [3.8, 4) is 0 Å². The number of hydrogen-bond donors (Lipinski definition) is 1. The molecule has 1 rings (SSSR count). The normalized spacial score (nSPS) is 12.7. The van der Waals surface area contributed by atoms with E-state index in [2.05, 4.69) is 67.1 Å². The molecule has 0 fully saturated rings. The van der Waals surface area contributed by atoms with Crippen LogP contribution in [0.4, 0.5) is 5.69 Å². The third kappa shape index (κ3) is 5.47. The van der Waals surface area contributed by atoms with Gasteiger partial charge >= 0.3 is 0 Å². The molecule has 1 aromatic rings. The first kappa shape index (κ1) is 16.9. The van der Waals surface area contributed by atoms with Gasteiger partial charge < -0.3 is 15.1 Å². The molecule has 0 radical (unpaired) electrons. The van der Waals surface area contributed by atoms with Crippen molar-refractivity contribution >= 4 is 5.69 Å². The number of aromatic nitrogens is 1. The summed E-state index contributed by atoms with van der Waals surface area (Å²) in [6, 6.07) is 4.65. The zero-order valence-electron chi connectivity index (χ0n) is 13.7. The van der Waals surface area contributed by atoms with Crippen LogP contribution in [0.3, 0.4) is 0 Å². The molecule has 0 spiro atoms. The Morgan fingerprint density at radius 1 is 1.15 bits per heavy atom. The highest BCUT2D eigenvalue weighted by Gasteiger charge is 2.09. The van der Waals surface area contributed by atoms with Crippen LogP contribution in [0.2, 0.25) is 0 Å². The van der Waals surface area contributed by atoms with Crippen LogP contribution in [0.1, 0.15) is 38.9 Å². The van der Waals surface area contributed by atoms with Gasteiger partial charge in [0.05, 0.1) is 17.6 Å². The van der Waals surface area contributed by atoms with Gasteiger partial charge in [-0.3, -0.25) is 4.98 Å². The molecular formula is C16H30N4. The van der Waals surface area contributed by atoms with Crippen LogP contribution >= 0.6 is 0 Å². The standard InChI is InChI=1S/C16H30N4/c1-6-10-20(12-11-19(4)5)15-8-9-16(18-13-15)14(3)17-7-2/h8-9,13-14,17H,6-7,10-12H2,1-5H3. The Kier molecular flexibility index (Phi) is 7.55. The van der Waals surface area contributed by atoms with Crippen molar-refractivity contribution < 1.29 is 0 Å². The molecular weight excluding hydrogens is 248 g/mol. The van der Waals surface area contributed by atoms with Gasteiger partial charge in [-0.1, -0.05) is 13.8 Å². The molecule has 4 nitrogen and oxygen atoms in total. The molecule has 0 aliphatic rings. The molecule has 1 N–H and O–H groups in total. The summed E-state index contributed by atoms with van der Waals surface area (Å²) in [4.78, 5) is 9.24. The van der Waals surface area contributed by atoms with Crippen LogP contribution in [-0.4, -0.2) is 50.2 Å². The smallest absolute Gasteiger partial charge is 0.0572 e. The first-order chi connectivity index (χ1) is 9.58. The van der Waals surface area contributed by atoms with Crippen molar-refractivity contribution in [3.05, 3.63) is 24.0 Å². The zero-order chi connectivity index (χ0) is 15.0. The van der Waals surface area contributed by atoms with Crippen molar-refractivity contribution in [2.24, 2.45) is 0 Å². The highest BCUT2D eigenvalue weighted by molar-refractivity contribution is 5.44. The van der Waals surface area contributed by atoms with Crippen molar-refractivity contribution in [3.63, 3.8) is 0 Å². The quantitative estimate of drug-likeness (QED) is 0.752. The fraction of sp³-hybridized carbons (Fsp3) is 0.688. The molecule has 0 aromatic carbocycles. The van der Waals surface area contributed by atoms with Gasteiger partial charge in [-0.05, 0) is 46.1 Å². The van der Waals surface area contributed by atoms with Gasteiger partial charge in [0.2, 0.25) is 0 Å². The van der Waals surface area contributed by atoms with E-state index in [0.717, 1.165) is 38.3 Å². The summed E-state index contributed by atoms with van der Waals surface area (Å²) >= 11 is 0. The van der Waals surface area contributed by atoms with Crippen molar-refractivity contribution in [1.29, 1.82) is 0 Å². The lowest BCUT2D eigenvalue weighted by Gasteiger charge is -2.26. The first-order valence-electron chi connectivity index (χ1n) is 7.67. The van der Waals surface area contributed by atoms with E-state index in [9.17, 15) is 0 Å². The molecule has 0 saturated carbocycles. The topological polar surface area (TPSA) is 31.4 Å². The molecule has 0 aliphatic heterocycles. The second-order valence-corrected chi connectivity index (χ2v) is 5.51. The summed E-state index contributed by atoms with van der Waals surface area (Å²) in [6.45, 7) is 10.7. The minimum Gasteiger partial charge on any atom is -0.369 e. The van der Waals surface area contributed by atoms with Crippen LogP contribution in [0.15, 0.2) is 18.3 Å². The summed E-state index contributed by atoms with van der Waals surface area (Å²) in [5.74, 6) is 0. The van der Waals surface area contributed by atoms with Crippen molar-refractivity contribution in [2.75, 3.05) is 45.2 Å². The van der Waals surface area contributed by atoms with E-state index >= 15 is 0 Å². The SMILES string of the molecule is CCCN(CCN(C)C)c1ccc(C(C)NCC)nc1. The van der Waals surface area contributed by atoms with Gasteiger partial charge in [0.1, 0.15) is 0 Å². The van der Waals surface area contributed by atoms with Crippen LogP contribution in [0.5, 0.6) is 0 Å². The minimum atomic E-state index is 0.315. The fourth-order valence-corrected chi connectivity index (χ4v) is 2.21. The van der Waals surface area contributed by atoms with E-state index in [1.54, 1.807) is 0 Å². The van der Waals surface area contributed by atoms with Crippen molar-refractivity contribution in [1.82, 2.24) is 15.2 Å². The van der Waals surface area contributed by atoms with Crippen LogP contribution in [0.25, 0.3) is 0 Å². The predicted octanol–water partition coefficient (Wildman–Crippen LogP) is 2.53. The van der Waals surface area contributed by atoms with Crippen LogP contribution in [-0.2, 0) is 0 Å². The number of nitrogens with zero attached hydrogens (tertiary/aromatic N) is 3. The fourth-order valence-electron chi connectivity index (χ4n) is 2.21. The molecule has 0 bridgehead atoms. The summed E-state index contributed by atoms with van der Waals surface area (Å²) in [6.07, 6.45) is 3.16. The zero-order valence-corrected chi connectivity index (χ0v) is 13.7. The van der Waals surface area contributed by atoms with Gasteiger partial charge in [-0.2, -0.15) is 0 Å². The lowest BCUT2D eigenvalue weighted by molar-refractivity contribution is 0.413. The highest BCUT2D eigenvalue weighted by Crippen LogP contribution is 2.16. The van der Waals surface area contributed by atoms with Gasteiger partial charge in [0.25, 0.3) is 0 Å². The van der Waals surface area contributed by atoms with Crippen LogP contribution in [0, 0.1) is 0 Å². The molecule has 1 heterocycles. The van der Waals surface area contributed by atoms with Gasteiger partial charge in [-0.15, -0.1) is 0 Å². The van der Waals surface area contributed by atoms with E-state index in [1.807, 2.05) is 6.20 Å². The predicted molar refractivity (Wildman–Crippen MR) is 87.4 cm³/mol. The molecule has 4 heteroatoms. The number of hydrogen-bond acceptors (Lipinski definition) is 4. The first-order valence-corrected chi connectivity index (χ1v) is 7.67. The maximum absolute atomic E-state index is 4.61. The van der Waals surface area contributed by atoms with E-state index in [1.165, 1.54) is 5.69 Å². The Labute approximate surface area is 124 Å². The second-order valence-electron chi connectivity index (χ2n) is 5.51.